The summed E-state index contributed by atoms with van der Waals surface area (Å²) in [4.78, 5) is 18.9. The highest BCUT2D eigenvalue weighted by Crippen LogP contribution is 2.47. The average molecular weight is 699 g/mol. The minimum Gasteiger partial charge on any atom is -0.464 e. The van der Waals surface area contributed by atoms with Gasteiger partial charge in [-0.1, -0.05) is 106 Å². The maximum absolute atomic E-state index is 13.5. The molecule has 0 aliphatic carbocycles. The van der Waals surface area contributed by atoms with E-state index in [9.17, 15) is 18.0 Å². The normalized spacial score (nSPS) is 16.3. The SMILES string of the molecule is CCCCCCCC/C=C\CCCCCCCC(=O)OCCN1CCN(CC/C=C2/c3ccccc3Sc3ccc(C(F)(F)F)cc32)CC1. The number of benzene rings is 2. The van der Waals surface area contributed by atoms with E-state index in [0.29, 0.717) is 18.6 Å². The molecule has 0 unspecified atom stereocenters. The van der Waals surface area contributed by atoms with Crippen LogP contribution >= 0.6 is 11.8 Å². The third kappa shape index (κ3) is 13.9. The van der Waals surface area contributed by atoms with Crippen LogP contribution in [0.5, 0.6) is 0 Å². The number of hydrogen-bond acceptors (Lipinski definition) is 5. The fourth-order valence-corrected chi connectivity index (χ4v) is 7.68. The van der Waals surface area contributed by atoms with Gasteiger partial charge in [0.05, 0.1) is 5.56 Å². The van der Waals surface area contributed by atoms with Crippen molar-refractivity contribution in [3.63, 3.8) is 0 Å². The van der Waals surface area contributed by atoms with E-state index in [1.807, 2.05) is 24.3 Å². The lowest BCUT2D eigenvalue weighted by atomic mass is 9.94. The number of piperazine rings is 1. The lowest BCUT2D eigenvalue weighted by Gasteiger charge is -2.34. The number of ether oxygens (including phenoxy) is 1. The molecule has 0 saturated carbocycles. The van der Waals surface area contributed by atoms with E-state index in [0.717, 1.165) is 79.5 Å². The molecular formula is C41H57F3N2O2S. The second kappa shape index (κ2) is 21.6. The summed E-state index contributed by atoms with van der Waals surface area (Å²) >= 11 is 1.53. The number of allylic oxidation sites excluding steroid dienone is 2. The van der Waals surface area contributed by atoms with E-state index in [2.05, 4.69) is 35.0 Å². The second-order valence-corrected chi connectivity index (χ2v) is 14.5. The summed E-state index contributed by atoms with van der Waals surface area (Å²) in [6, 6.07) is 12.0. The number of hydrogen-bond donors (Lipinski definition) is 0. The van der Waals surface area contributed by atoms with Gasteiger partial charge in [-0.05, 0) is 79.5 Å². The van der Waals surface area contributed by atoms with Crippen molar-refractivity contribution in [3.8, 4) is 0 Å². The number of nitrogens with zero attached hydrogens (tertiary/aromatic N) is 2. The lowest BCUT2D eigenvalue weighted by molar-refractivity contribution is -0.144. The van der Waals surface area contributed by atoms with Crippen molar-refractivity contribution in [2.45, 2.75) is 119 Å². The molecule has 49 heavy (non-hydrogen) atoms. The summed E-state index contributed by atoms with van der Waals surface area (Å²) in [5.41, 5.74) is 1.94. The molecule has 1 saturated heterocycles. The molecule has 0 aromatic heterocycles. The molecule has 4 rings (SSSR count). The van der Waals surface area contributed by atoms with Crippen LogP contribution in [0.3, 0.4) is 0 Å². The first-order valence-corrected chi connectivity index (χ1v) is 19.6. The molecule has 2 aromatic carbocycles. The molecule has 0 radical (unpaired) electrons. The van der Waals surface area contributed by atoms with Crippen LogP contribution in [0, 0.1) is 0 Å². The highest BCUT2D eigenvalue weighted by molar-refractivity contribution is 7.99. The molecule has 2 aromatic rings. The van der Waals surface area contributed by atoms with Crippen molar-refractivity contribution in [2.75, 3.05) is 45.9 Å². The Labute approximate surface area is 297 Å². The van der Waals surface area contributed by atoms with Gasteiger partial charge in [0.2, 0.25) is 0 Å². The van der Waals surface area contributed by atoms with E-state index >= 15 is 0 Å². The smallest absolute Gasteiger partial charge is 0.416 e. The van der Waals surface area contributed by atoms with Gasteiger partial charge >= 0.3 is 12.1 Å². The Morgan fingerprint density at radius 3 is 2.06 bits per heavy atom. The minimum absolute atomic E-state index is 0.0871. The molecule has 1 fully saturated rings. The maximum Gasteiger partial charge on any atom is 0.416 e. The first-order valence-electron chi connectivity index (χ1n) is 18.8. The van der Waals surface area contributed by atoms with E-state index in [4.69, 9.17) is 4.74 Å². The van der Waals surface area contributed by atoms with E-state index < -0.39 is 11.7 Å². The summed E-state index contributed by atoms with van der Waals surface area (Å²) in [6.45, 7) is 7.98. The highest BCUT2D eigenvalue weighted by atomic mass is 32.2. The van der Waals surface area contributed by atoms with Crippen LogP contribution in [0.4, 0.5) is 13.2 Å². The number of esters is 1. The van der Waals surface area contributed by atoms with Crippen LogP contribution in [0.15, 0.2) is 70.5 Å². The highest BCUT2D eigenvalue weighted by Gasteiger charge is 2.32. The van der Waals surface area contributed by atoms with Gasteiger partial charge in [-0.25, -0.2) is 0 Å². The molecule has 2 aliphatic heterocycles. The first kappa shape index (κ1) is 39.2. The van der Waals surface area contributed by atoms with Gasteiger partial charge < -0.3 is 9.64 Å². The van der Waals surface area contributed by atoms with Gasteiger partial charge in [-0.15, -0.1) is 0 Å². The third-order valence-corrected chi connectivity index (χ3v) is 10.7. The van der Waals surface area contributed by atoms with E-state index in [1.165, 1.54) is 94.5 Å². The number of unbranched alkanes of at least 4 members (excludes halogenated alkanes) is 11. The van der Waals surface area contributed by atoms with Crippen LogP contribution in [-0.4, -0.2) is 61.6 Å². The van der Waals surface area contributed by atoms with Gasteiger partial charge in [-0.3, -0.25) is 9.69 Å². The molecule has 2 heterocycles. The third-order valence-electron chi connectivity index (χ3n) is 9.57. The van der Waals surface area contributed by atoms with Crippen LogP contribution in [0.25, 0.3) is 5.57 Å². The Morgan fingerprint density at radius 2 is 1.37 bits per heavy atom. The monoisotopic (exact) mass is 698 g/mol. The van der Waals surface area contributed by atoms with Crippen molar-refractivity contribution in [1.29, 1.82) is 0 Å². The standard InChI is InChI=1S/C41H57F3N2O2S/c1-2-3-4-5-6-7-8-9-10-11-12-13-14-15-16-23-40(47)48-32-31-46-29-27-45(28-30-46)26-19-21-35-36-20-17-18-22-38(36)49-39-25-24-34(33-37(35)39)41(42,43)44/h9-10,17-18,20-22,24-25,33H,2-8,11-16,19,23,26-32H2,1H3/b10-9-,35-21-. The van der Waals surface area contributed by atoms with Crippen molar-refractivity contribution in [1.82, 2.24) is 9.80 Å². The number of carbonyl (C=O) groups excluding carboxylic acids is 1. The minimum atomic E-state index is -4.37. The summed E-state index contributed by atoms with van der Waals surface area (Å²) in [6.07, 6.45) is 19.9. The van der Waals surface area contributed by atoms with E-state index in [-0.39, 0.29) is 5.97 Å². The number of halogens is 3. The number of alkyl halides is 3. The predicted octanol–water partition coefficient (Wildman–Crippen LogP) is 11.2. The Bertz CT molecular complexity index is 1330. The molecule has 0 amide bonds. The Hall–Kier alpha value is -2.55. The lowest BCUT2D eigenvalue weighted by Crippen LogP contribution is -2.47. The van der Waals surface area contributed by atoms with Gasteiger partial charge in [0, 0.05) is 55.5 Å². The van der Waals surface area contributed by atoms with Gasteiger partial charge in [0.15, 0.2) is 0 Å². The number of fused-ring (bicyclic) bond motifs is 2. The van der Waals surface area contributed by atoms with Crippen LogP contribution in [0.1, 0.15) is 120 Å². The fraction of sp³-hybridized carbons (Fsp3) is 0.585. The molecular weight excluding hydrogens is 642 g/mol. The zero-order valence-corrected chi connectivity index (χ0v) is 30.4. The average Bonchev–Trinajstić information content (AvgIpc) is 3.09. The van der Waals surface area contributed by atoms with Crippen molar-refractivity contribution in [2.24, 2.45) is 0 Å². The Morgan fingerprint density at radius 1 is 0.755 bits per heavy atom. The summed E-state index contributed by atoms with van der Waals surface area (Å²) in [7, 11) is 0. The largest absolute Gasteiger partial charge is 0.464 e. The molecule has 0 atom stereocenters. The first-order chi connectivity index (χ1) is 23.8. The Kier molecular flexibility index (Phi) is 17.3. The van der Waals surface area contributed by atoms with Gasteiger partial charge in [-0.2, -0.15) is 13.2 Å². The summed E-state index contributed by atoms with van der Waals surface area (Å²) in [5.74, 6) is -0.0871. The van der Waals surface area contributed by atoms with Crippen LogP contribution < -0.4 is 0 Å². The summed E-state index contributed by atoms with van der Waals surface area (Å²) in [5, 5.41) is 0. The van der Waals surface area contributed by atoms with Crippen molar-refractivity contribution < 1.29 is 22.7 Å². The maximum atomic E-state index is 13.5. The quantitative estimate of drug-likeness (QED) is 0.0628. The van der Waals surface area contributed by atoms with Crippen LogP contribution in [-0.2, 0) is 15.7 Å². The Balaban J connectivity index is 1.05. The van der Waals surface area contributed by atoms with E-state index in [1.54, 1.807) is 6.07 Å². The predicted molar refractivity (Wildman–Crippen MR) is 197 cm³/mol. The zero-order valence-electron chi connectivity index (χ0n) is 29.6. The summed E-state index contributed by atoms with van der Waals surface area (Å²) < 4.78 is 46.1. The van der Waals surface area contributed by atoms with Gasteiger partial charge in [0.1, 0.15) is 6.61 Å². The molecule has 0 spiro atoms. The fourth-order valence-electron chi connectivity index (χ4n) is 6.60. The zero-order chi connectivity index (χ0) is 34.7. The molecule has 8 heteroatoms. The van der Waals surface area contributed by atoms with Crippen molar-refractivity contribution >= 4 is 23.3 Å². The topological polar surface area (TPSA) is 32.8 Å². The number of rotatable bonds is 21. The number of carbonyl (C=O) groups is 1. The molecule has 270 valence electrons. The van der Waals surface area contributed by atoms with Crippen LogP contribution in [0.2, 0.25) is 0 Å². The second-order valence-electron chi connectivity index (χ2n) is 13.5. The molecule has 0 N–H and O–H groups in total. The van der Waals surface area contributed by atoms with Gasteiger partial charge in [0.25, 0.3) is 0 Å². The van der Waals surface area contributed by atoms with Crippen molar-refractivity contribution in [3.05, 3.63) is 77.4 Å². The molecule has 0 bridgehead atoms. The molecule has 2 aliphatic rings. The molecule has 4 nitrogen and oxygen atoms in total.